The minimum atomic E-state index is -0.125. The number of fused-ring (bicyclic) bond motifs is 2. The van der Waals surface area contributed by atoms with Gasteiger partial charge in [-0.2, -0.15) is 0 Å². The highest BCUT2D eigenvalue weighted by Crippen LogP contribution is 2.35. The van der Waals surface area contributed by atoms with E-state index in [1.807, 2.05) is 36.4 Å². The monoisotopic (exact) mass is 348 g/mol. The summed E-state index contributed by atoms with van der Waals surface area (Å²) in [7, 11) is 0. The highest BCUT2D eigenvalue weighted by molar-refractivity contribution is 6.06. The van der Waals surface area contributed by atoms with Gasteiger partial charge in [0.05, 0.1) is 0 Å². The van der Waals surface area contributed by atoms with Crippen molar-refractivity contribution in [1.82, 2.24) is 0 Å². The number of carbonyl (C=O) groups excluding carboxylic acids is 1. The minimum absolute atomic E-state index is 0.125. The lowest BCUT2D eigenvalue weighted by Gasteiger charge is -2.12. The first kappa shape index (κ1) is 18.4. The zero-order valence-corrected chi connectivity index (χ0v) is 15.7. The molecule has 136 valence electrons. The van der Waals surface area contributed by atoms with Crippen LogP contribution >= 0.6 is 0 Å². The summed E-state index contributed by atoms with van der Waals surface area (Å²) in [6.45, 7) is 2.23. The molecular weight excluding hydrogens is 320 g/mol. The molecule has 0 aromatic heterocycles. The van der Waals surface area contributed by atoms with Crippen molar-refractivity contribution in [2.45, 2.75) is 58.3 Å². The summed E-state index contributed by atoms with van der Waals surface area (Å²) < 4.78 is 5.85. The van der Waals surface area contributed by atoms with E-state index in [1.165, 1.54) is 32.1 Å². The molecule has 0 aliphatic heterocycles. The van der Waals surface area contributed by atoms with Gasteiger partial charge in [0.2, 0.25) is 0 Å². The van der Waals surface area contributed by atoms with Crippen molar-refractivity contribution in [2.24, 2.45) is 0 Å². The van der Waals surface area contributed by atoms with E-state index >= 15 is 0 Å². The molecule has 0 spiro atoms. The molecule has 0 heterocycles. The number of unbranched alkanes of at least 4 members (excludes halogenated alkanes) is 6. The van der Waals surface area contributed by atoms with E-state index in [1.54, 1.807) is 0 Å². The molecule has 0 fully saturated rings. The molecular formula is C24H28O2. The van der Waals surface area contributed by atoms with Crippen LogP contribution in [0.25, 0.3) is 21.5 Å². The third-order valence-corrected chi connectivity index (χ3v) is 4.92. The fourth-order valence-corrected chi connectivity index (χ4v) is 3.47. The van der Waals surface area contributed by atoms with Gasteiger partial charge in [-0.3, -0.25) is 4.79 Å². The molecule has 0 atom stereocenters. The summed E-state index contributed by atoms with van der Waals surface area (Å²) >= 11 is 0. The van der Waals surface area contributed by atoms with Crippen molar-refractivity contribution in [3.8, 4) is 5.75 Å². The van der Waals surface area contributed by atoms with Crippen molar-refractivity contribution >= 4 is 27.5 Å². The van der Waals surface area contributed by atoms with Gasteiger partial charge in [-0.25, -0.2) is 0 Å². The maximum atomic E-state index is 12.4. The van der Waals surface area contributed by atoms with Crippen LogP contribution in [-0.2, 0) is 4.79 Å². The smallest absolute Gasteiger partial charge is 0.311 e. The molecule has 26 heavy (non-hydrogen) atoms. The predicted molar refractivity (Wildman–Crippen MR) is 110 cm³/mol. The van der Waals surface area contributed by atoms with Crippen LogP contribution in [0.2, 0.25) is 0 Å². The number of hydrogen-bond donors (Lipinski definition) is 0. The lowest BCUT2D eigenvalue weighted by atomic mass is 10.0. The van der Waals surface area contributed by atoms with Gasteiger partial charge in [0.15, 0.2) is 0 Å². The van der Waals surface area contributed by atoms with Gasteiger partial charge in [-0.1, -0.05) is 94.0 Å². The average molecular weight is 348 g/mol. The second-order valence-electron chi connectivity index (χ2n) is 6.99. The Kier molecular flexibility index (Phi) is 6.65. The van der Waals surface area contributed by atoms with E-state index in [0.29, 0.717) is 12.2 Å². The van der Waals surface area contributed by atoms with E-state index < -0.39 is 0 Å². The molecule has 0 radical (unpaired) electrons. The maximum Gasteiger partial charge on any atom is 0.311 e. The third kappa shape index (κ3) is 4.63. The molecule has 3 aromatic carbocycles. The van der Waals surface area contributed by atoms with Gasteiger partial charge < -0.3 is 4.74 Å². The van der Waals surface area contributed by atoms with Gasteiger partial charge in [-0.15, -0.1) is 0 Å². The van der Waals surface area contributed by atoms with Crippen molar-refractivity contribution in [2.75, 3.05) is 0 Å². The first-order valence-corrected chi connectivity index (χ1v) is 9.91. The second-order valence-corrected chi connectivity index (χ2v) is 6.99. The average Bonchev–Trinajstić information content (AvgIpc) is 2.67. The molecule has 0 aliphatic carbocycles. The molecule has 0 bridgehead atoms. The zero-order chi connectivity index (χ0) is 18.2. The van der Waals surface area contributed by atoms with Crippen LogP contribution in [0, 0.1) is 0 Å². The van der Waals surface area contributed by atoms with Crippen LogP contribution in [0.5, 0.6) is 5.75 Å². The summed E-state index contributed by atoms with van der Waals surface area (Å²) in [5.41, 5.74) is 0. The lowest BCUT2D eigenvalue weighted by molar-refractivity contribution is -0.134. The van der Waals surface area contributed by atoms with Gasteiger partial charge in [0.1, 0.15) is 5.75 Å². The number of esters is 1. The first-order valence-electron chi connectivity index (χ1n) is 9.91. The summed E-state index contributed by atoms with van der Waals surface area (Å²) in [6.07, 6.45) is 8.89. The van der Waals surface area contributed by atoms with Crippen LogP contribution in [-0.4, -0.2) is 5.97 Å². The summed E-state index contributed by atoms with van der Waals surface area (Å²) in [6, 6.07) is 18.3. The quantitative estimate of drug-likeness (QED) is 0.179. The molecule has 0 unspecified atom stereocenters. The number of rotatable bonds is 9. The maximum absolute atomic E-state index is 12.4. The van der Waals surface area contributed by atoms with Crippen LogP contribution in [0.4, 0.5) is 0 Å². The Bertz CT molecular complexity index is 812. The number of ether oxygens (including phenoxy) is 1. The molecule has 0 aliphatic rings. The van der Waals surface area contributed by atoms with Crippen LogP contribution in [0.3, 0.4) is 0 Å². The molecule has 0 amide bonds. The van der Waals surface area contributed by atoms with Crippen molar-refractivity contribution in [3.63, 3.8) is 0 Å². The zero-order valence-electron chi connectivity index (χ0n) is 15.7. The first-order chi connectivity index (χ1) is 12.8. The third-order valence-electron chi connectivity index (χ3n) is 4.92. The Morgan fingerprint density at radius 2 is 1.31 bits per heavy atom. The van der Waals surface area contributed by atoms with Crippen LogP contribution < -0.4 is 4.74 Å². The SMILES string of the molecule is CCCCCCCCCC(=O)Oc1c2ccccc2cc2ccccc12. The molecule has 0 N–H and O–H groups in total. The van der Waals surface area contributed by atoms with Gasteiger partial charge in [0.25, 0.3) is 0 Å². The van der Waals surface area contributed by atoms with E-state index in [0.717, 1.165) is 34.4 Å². The van der Waals surface area contributed by atoms with E-state index in [-0.39, 0.29) is 5.97 Å². The van der Waals surface area contributed by atoms with Gasteiger partial charge in [-0.05, 0) is 23.3 Å². The molecule has 3 rings (SSSR count). The topological polar surface area (TPSA) is 26.3 Å². The second kappa shape index (κ2) is 9.38. The fraction of sp³-hybridized carbons (Fsp3) is 0.375. The molecule has 0 saturated heterocycles. The highest BCUT2D eigenvalue weighted by Gasteiger charge is 2.12. The number of hydrogen-bond acceptors (Lipinski definition) is 2. The van der Waals surface area contributed by atoms with Crippen molar-refractivity contribution in [1.29, 1.82) is 0 Å². The molecule has 3 aromatic rings. The Balaban J connectivity index is 1.66. The normalized spacial score (nSPS) is 11.1. The standard InChI is InChI=1S/C24H28O2/c1-2-3-4-5-6-7-8-17-23(25)26-24-21-15-11-9-13-19(21)18-20-14-10-12-16-22(20)24/h9-16,18H,2-8,17H2,1H3. The van der Waals surface area contributed by atoms with Gasteiger partial charge in [0, 0.05) is 17.2 Å². The number of carbonyl (C=O) groups is 1. The van der Waals surface area contributed by atoms with Crippen molar-refractivity contribution < 1.29 is 9.53 Å². The van der Waals surface area contributed by atoms with Crippen LogP contribution in [0.1, 0.15) is 58.3 Å². The predicted octanol–water partition coefficient (Wildman–Crippen LogP) is 7.04. The molecule has 2 heteroatoms. The largest absolute Gasteiger partial charge is 0.425 e. The summed E-state index contributed by atoms with van der Waals surface area (Å²) in [5.74, 6) is 0.576. The van der Waals surface area contributed by atoms with E-state index in [9.17, 15) is 4.79 Å². The lowest BCUT2D eigenvalue weighted by Crippen LogP contribution is -2.08. The minimum Gasteiger partial charge on any atom is -0.425 e. The Morgan fingerprint density at radius 1 is 0.769 bits per heavy atom. The number of benzene rings is 3. The van der Waals surface area contributed by atoms with E-state index in [2.05, 4.69) is 25.1 Å². The summed E-state index contributed by atoms with van der Waals surface area (Å²) in [5, 5.41) is 4.20. The highest BCUT2D eigenvalue weighted by atomic mass is 16.5. The Morgan fingerprint density at radius 3 is 1.92 bits per heavy atom. The fourth-order valence-electron chi connectivity index (χ4n) is 3.47. The van der Waals surface area contributed by atoms with Crippen LogP contribution in [0.15, 0.2) is 54.6 Å². The van der Waals surface area contributed by atoms with Gasteiger partial charge >= 0.3 is 5.97 Å². The van der Waals surface area contributed by atoms with Crippen molar-refractivity contribution in [3.05, 3.63) is 54.6 Å². The molecule has 2 nitrogen and oxygen atoms in total. The Hall–Kier alpha value is -2.35. The van der Waals surface area contributed by atoms with E-state index in [4.69, 9.17) is 4.74 Å². The Labute approximate surface area is 156 Å². The summed E-state index contributed by atoms with van der Waals surface area (Å²) in [4.78, 5) is 12.4. The molecule has 0 saturated carbocycles.